The zero-order valence-corrected chi connectivity index (χ0v) is 15.6. The second kappa shape index (κ2) is 7.73. The molecule has 4 heteroatoms. The Morgan fingerprint density at radius 1 is 0.962 bits per heavy atom. The highest BCUT2D eigenvalue weighted by Gasteiger charge is 2.48. The van der Waals surface area contributed by atoms with Gasteiger partial charge in [0.25, 0.3) is 0 Å². The van der Waals surface area contributed by atoms with E-state index in [4.69, 9.17) is 0 Å². The SMILES string of the molecule is CCc1ccc(NC(=O)C2CC2C(=O)Nc2ccccc2C(C)C)cc1. The Hall–Kier alpha value is -2.62. The number of nitrogens with one attached hydrogen (secondary N) is 2. The zero-order chi connectivity index (χ0) is 18.7. The van der Waals surface area contributed by atoms with Crippen LogP contribution in [0.15, 0.2) is 48.5 Å². The maximum absolute atomic E-state index is 12.5. The van der Waals surface area contributed by atoms with Crippen LogP contribution in [0.5, 0.6) is 0 Å². The van der Waals surface area contributed by atoms with Gasteiger partial charge in [0.15, 0.2) is 0 Å². The van der Waals surface area contributed by atoms with E-state index in [1.54, 1.807) is 0 Å². The molecular formula is C22H26N2O2. The Labute approximate surface area is 155 Å². The molecule has 0 aromatic heterocycles. The largest absolute Gasteiger partial charge is 0.326 e. The Morgan fingerprint density at radius 3 is 2.19 bits per heavy atom. The van der Waals surface area contributed by atoms with Gasteiger partial charge in [0.05, 0.1) is 11.8 Å². The summed E-state index contributed by atoms with van der Waals surface area (Å²) < 4.78 is 0. The summed E-state index contributed by atoms with van der Waals surface area (Å²) in [5, 5.41) is 5.91. The van der Waals surface area contributed by atoms with Gasteiger partial charge < -0.3 is 10.6 Å². The van der Waals surface area contributed by atoms with Crippen LogP contribution in [0.3, 0.4) is 0 Å². The molecule has 3 rings (SSSR count). The molecule has 1 aliphatic rings. The number of benzene rings is 2. The minimum Gasteiger partial charge on any atom is -0.326 e. The molecule has 1 aliphatic carbocycles. The molecule has 0 spiro atoms. The zero-order valence-electron chi connectivity index (χ0n) is 15.6. The van der Waals surface area contributed by atoms with Gasteiger partial charge in [0.2, 0.25) is 11.8 Å². The molecule has 4 nitrogen and oxygen atoms in total. The molecule has 0 aliphatic heterocycles. The highest BCUT2D eigenvalue weighted by Crippen LogP contribution is 2.40. The molecule has 136 valence electrons. The van der Waals surface area contributed by atoms with Crippen molar-refractivity contribution in [2.45, 2.75) is 39.5 Å². The summed E-state index contributed by atoms with van der Waals surface area (Å²) in [6.07, 6.45) is 1.57. The van der Waals surface area contributed by atoms with E-state index in [-0.39, 0.29) is 23.7 Å². The Balaban J connectivity index is 1.57. The number of hydrogen-bond donors (Lipinski definition) is 2. The van der Waals surface area contributed by atoms with Gasteiger partial charge >= 0.3 is 0 Å². The lowest BCUT2D eigenvalue weighted by molar-refractivity contribution is -0.122. The first-order chi connectivity index (χ1) is 12.5. The molecular weight excluding hydrogens is 324 g/mol. The summed E-state index contributed by atoms with van der Waals surface area (Å²) in [4.78, 5) is 24.9. The van der Waals surface area contributed by atoms with Crippen molar-refractivity contribution in [1.29, 1.82) is 0 Å². The molecule has 0 bridgehead atoms. The van der Waals surface area contributed by atoms with Gasteiger partial charge in [-0.25, -0.2) is 0 Å². The second-order valence-electron chi connectivity index (χ2n) is 7.22. The quantitative estimate of drug-likeness (QED) is 0.801. The number of rotatable bonds is 6. The van der Waals surface area contributed by atoms with Gasteiger partial charge in [-0.3, -0.25) is 9.59 Å². The summed E-state index contributed by atoms with van der Waals surface area (Å²) in [7, 11) is 0. The minimum absolute atomic E-state index is 0.0698. The van der Waals surface area contributed by atoms with E-state index in [2.05, 4.69) is 31.4 Å². The molecule has 1 fully saturated rings. The molecule has 0 saturated heterocycles. The van der Waals surface area contributed by atoms with Crippen LogP contribution in [0, 0.1) is 11.8 Å². The van der Waals surface area contributed by atoms with E-state index in [1.165, 1.54) is 5.56 Å². The van der Waals surface area contributed by atoms with E-state index in [0.717, 1.165) is 23.4 Å². The predicted molar refractivity (Wildman–Crippen MR) is 105 cm³/mol. The van der Waals surface area contributed by atoms with Crippen molar-refractivity contribution in [2.24, 2.45) is 11.8 Å². The van der Waals surface area contributed by atoms with Crippen molar-refractivity contribution in [1.82, 2.24) is 0 Å². The van der Waals surface area contributed by atoms with Crippen LogP contribution in [0.4, 0.5) is 11.4 Å². The molecule has 2 unspecified atom stereocenters. The fraction of sp³-hybridized carbons (Fsp3) is 0.364. The van der Waals surface area contributed by atoms with Gasteiger partial charge in [0.1, 0.15) is 0 Å². The van der Waals surface area contributed by atoms with Gasteiger partial charge in [-0.15, -0.1) is 0 Å². The van der Waals surface area contributed by atoms with Crippen LogP contribution in [-0.2, 0) is 16.0 Å². The average Bonchev–Trinajstić information content (AvgIpc) is 3.43. The number of para-hydroxylation sites is 1. The summed E-state index contributed by atoms with van der Waals surface area (Å²) in [6, 6.07) is 15.7. The molecule has 0 heterocycles. The number of aryl methyl sites for hydroxylation is 1. The van der Waals surface area contributed by atoms with Crippen molar-refractivity contribution in [3.8, 4) is 0 Å². The van der Waals surface area contributed by atoms with Crippen LogP contribution in [0.25, 0.3) is 0 Å². The topological polar surface area (TPSA) is 58.2 Å². The maximum Gasteiger partial charge on any atom is 0.228 e. The third-order valence-electron chi connectivity index (χ3n) is 4.93. The van der Waals surface area contributed by atoms with Crippen LogP contribution in [0.1, 0.15) is 44.2 Å². The van der Waals surface area contributed by atoms with Crippen LogP contribution < -0.4 is 10.6 Å². The van der Waals surface area contributed by atoms with Crippen molar-refractivity contribution in [3.05, 3.63) is 59.7 Å². The number of hydrogen-bond acceptors (Lipinski definition) is 2. The normalized spacial score (nSPS) is 18.5. The summed E-state index contributed by atoms with van der Waals surface area (Å²) in [5.41, 5.74) is 3.96. The van der Waals surface area contributed by atoms with Crippen molar-refractivity contribution >= 4 is 23.2 Å². The predicted octanol–water partition coefficient (Wildman–Crippen LogP) is 4.59. The fourth-order valence-corrected chi connectivity index (χ4v) is 3.17. The number of anilines is 2. The van der Waals surface area contributed by atoms with E-state index in [9.17, 15) is 9.59 Å². The van der Waals surface area contributed by atoms with E-state index in [1.807, 2.05) is 48.5 Å². The molecule has 0 radical (unpaired) electrons. The highest BCUT2D eigenvalue weighted by atomic mass is 16.2. The van der Waals surface area contributed by atoms with Crippen molar-refractivity contribution < 1.29 is 9.59 Å². The van der Waals surface area contributed by atoms with Crippen LogP contribution in [0.2, 0.25) is 0 Å². The average molecular weight is 350 g/mol. The Bertz CT molecular complexity index is 796. The van der Waals surface area contributed by atoms with Crippen LogP contribution >= 0.6 is 0 Å². The third kappa shape index (κ3) is 4.13. The summed E-state index contributed by atoms with van der Waals surface area (Å²) in [6.45, 7) is 6.29. The monoisotopic (exact) mass is 350 g/mol. The molecule has 2 aromatic rings. The fourth-order valence-electron chi connectivity index (χ4n) is 3.17. The van der Waals surface area contributed by atoms with Gasteiger partial charge in [-0.1, -0.05) is 51.1 Å². The number of amides is 2. The second-order valence-corrected chi connectivity index (χ2v) is 7.22. The van der Waals surface area contributed by atoms with E-state index >= 15 is 0 Å². The van der Waals surface area contributed by atoms with Crippen LogP contribution in [-0.4, -0.2) is 11.8 Å². The molecule has 2 amide bonds. The third-order valence-corrected chi connectivity index (χ3v) is 4.93. The van der Waals surface area contributed by atoms with Gasteiger partial charge in [-0.05, 0) is 48.1 Å². The number of carbonyl (C=O) groups is 2. The summed E-state index contributed by atoms with van der Waals surface area (Å²) >= 11 is 0. The Kier molecular flexibility index (Phi) is 5.40. The van der Waals surface area contributed by atoms with Gasteiger partial charge in [0, 0.05) is 11.4 Å². The van der Waals surface area contributed by atoms with E-state index in [0.29, 0.717) is 12.3 Å². The number of carbonyl (C=O) groups excluding carboxylic acids is 2. The lowest BCUT2D eigenvalue weighted by atomic mass is 10.0. The lowest BCUT2D eigenvalue weighted by Crippen LogP contribution is -2.21. The highest BCUT2D eigenvalue weighted by molar-refractivity contribution is 6.03. The van der Waals surface area contributed by atoms with Crippen molar-refractivity contribution in [3.63, 3.8) is 0 Å². The maximum atomic E-state index is 12.5. The first kappa shape index (κ1) is 18.2. The first-order valence-electron chi connectivity index (χ1n) is 9.29. The molecule has 1 saturated carbocycles. The molecule has 2 N–H and O–H groups in total. The smallest absolute Gasteiger partial charge is 0.228 e. The molecule has 2 aromatic carbocycles. The lowest BCUT2D eigenvalue weighted by Gasteiger charge is -2.13. The first-order valence-corrected chi connectivity index (χ1v) is 9.29. The van der Waals surface area contributed by atoms with Crippen molar-refractivity contribution in [2.75, 3.05) is 10.6 Å². The molecule has 26 heavy (non-hydrogen) atoms. The molecule has 2 atom stereocenters. The van der Waals surface area contributed by atoms with Gasteiger partial charge in [-0.2, -0.15) is 0 Å². The standard InChI is InChI=1S/C22H26N2O2/c1-4-15-9-11-16(12-10-15)23-21(25)18-13-19(18)22(26)24-20-8-6-5-7-17(20)14(2)3/h5-12,14,18-19H,4,13H2,1-3H3,(H,23,25)(H,24,26). The van der Waals surface area contributed by atoms with E-state index < -0.39 is 0 Å². The Morgan fingerprint density at radius 2 is 1.58 bits per heavy atom. The summed E-state index contributed by atoms with van der Waals surface area (Å²) in [5.74, 6) is -0.306. The minimum atomic E-state index is -0.245.